The number of H-pyrrole nitrogens is 1. The Bertz CT molecular complexity index is 419. The summed E-state index contributed by atoms with van der Waals surface area (Å²) in [5, 5.41) is 0. The van der Waals surface area contributed by atoms with Crippen LogP contribution < -0.4 is 0 Å². The zero-order valence-corrected chi connectivity index (χ0v) is 9.41. The molecule has 0 aliphatic heterocycles. The van der Waals surface area contributed by atoms with E-state index in [2.05, 4.69) is 42.9 Å². The van der Waals surface area contributed by atoms with Crippen molar-refractivity contribution in [2.75, 3.05) is 0 Å². The van der Waals surface area contributed by atoms with Gasteiger partial charge in [0.2, 0.25) is 0 Å². The molecule has 78 valence electrons. The quantitative estimate of drug-likeness (QED) is 0.751. The molecule has 15 heavy (non-hydrogen) atoms. The largest absolute Gasteiger partial charge is 0.360 e. The van der Waals surface area contributed by atoms with Gasteiger partial charge in [0.1, 0.15) is 0 Å². The van der Waals surface area contributed by atoms with Gasteiger partial charge in [0.15, 0.2) is 0 Å². The lowest BCUT2D eigenvalue weighted by Crippen LogP contribution is -2.11. The molecule has 0 atom stereocenters. The molecule has 0 aliphatic rings. The van der Waals surface area contributed by atoms with Crippen molar-refractivity contribution >= 4 is 0 Å². The molecule has 0 saturated carbocycles. The first kappa shape index (κ1) is 9.97. The lowest BCUT2D eigenvalue weighted by atomic mass is 9.88. The van der Waals surface area contributed by atoms with Gasteiger partial charge in [-0.3, -0.25) is 4.98 Å². The third-order valence-electron chi connectivity index (χ3n) is 2.50. The Morgan fingerprint density at radius 1 is 1.13 bits per heavy atom. The predicted octanol–water partition coefficient (Wildman–Crippen LogP) is 3.37. The summed E-state index contributed by atoms with van der Waals surface area (Å²) >= 11 is 0. The molecule has 2 aromatic heterocycles. The van der Waals surface area contributed by atoms with Gasteiger partial charge in [-0.15, -0.1) is 0 Å². The highest BCUT2D eigenvalue weighted by atomic mass is 14.8. The maximum absolute atomic E-state index is 4.46. The van der Waals surface area contributed by atoms with Crippen molar-refractivity contribution in [3.63, 3.8) is 0 Å². The van der Waals surface area contributed by atoms with Gasteiger partial charge in [0.25, 0.3) is 0 Å². The van der Waals surface area contributed by atoms with E-state index in [1.165, 1.54) is 5.56 Å². The Morgan fingerprint density at radius 3 is 2.40 bits per heavy atom. The highest BCUT2D eigenvalue weighted by molar-refractivity contribution is 5.54. The van der Waals surface area contributed by atoms with Crippen molar-refractivity contribution < 1.29 is 0 Å². The van der Waals surface area contributed by atoms with Crippen molar-refractivity contribution in [3.05, 3.63) is 42.2 Å². The van der Waals surface area contributed by atoms with E-state index in [-0.39, 0.29) is 5.41 Å². The van der Waals surface area contributed by atoms with Crippen LogP contribution in [0.4, 0.5) is 0 Å². The van der Waals surface area contributed by atoms with Crippen LogP contribution in [0.2, 0.25) is 0 Å². The molecule has 2 rings (SSSR count). The number of hydrogen-bond donors (Lipinski definition) is 1. The van der Waals surface area contributed by atoms with Crippen LogP contribution in [-0.4, -0.2) is 9.97 Å². The van der Waals surface area contributed by atoms with Crippen LogP contribution in [0.3, 0.4) is 0 Å². The number of pyridine rings is 1. The molecule has 2 aromatic rings. The molecule has 0 radical (unpaired) electrons. The van der Waals surface area contributed by atoms with Crippen LogP contribution in [0.1, 0.15) is 26.3 Å². The van der Waals surface area contributed by atoms with E-state index in [9.17, 15) is 0 Å². The highest BCUT2D eigenvalue weighted by Gasteiger charge is 2.13. The van der Waals surface area contributed by atoms with Crippen LogP contribution in [0.5, 0.6) is 0 Å². The summed E-state index contributed by atoms with van der Waals surface area (Å²) in [5.41, 5.74) is 3.49. The van der Waals surface area contributed by atoms with Crippen molar-refractivity contribution in [2.45, 2.75) is 26.2 Å². The Morgan fingerprint density at radius 2 is 1.93 bits per heavy atom. The van der Waals surface area contributed by atoms with Gasteiger partial charge in [-0.1, -0.05) is 26.8 Å². The van der Waals surface area contributed by atoms with Crippen molar-refractivity contribution in [2.24, 2.45) is 0 Å². The van der Waals surface area contributed by atoms with Crippen molar-refractivity contribution in [1.82, 2.24) is 9.97 Å². The van der Waals surface area contributed by atoms with Gasteiger partial charge in [-0.05, 0) is 29.2 Å². The number of rotatable bonds is 1. The minimum absolute atomic E-state index is 0.168. The van der Waals surface area contributed by atoms with E-state index in [4.69, 9.17) is 0 Å². The topological polar surface area (TPSA) is 28.7 Å². The average Bonchev–Trinajstić information content (AvgIpc) is 2.69. The third kappa shape index (κ3) is 2.09. The number of nitrogens with one attached hydrogen (secondary N) is 1. The number of aromatic amines is 1. The SMILES string of the molecule is CC(C)(C)c1ccc(-c2ccc[nH]2)nc1. The van der Waals surface area contributed by atoms with E-state index in [1.807, 2.05) is 24.5 Å². The molecule has 0 unspecified atom stereocenters. The maximum Gasteiger partial charge on any atom is 0.0864 e. The smallest absolute Gasteiger partial charge is 0.0864 e. The first-order chi connectivity index (χ1) is 7.07. The second-order valence-corrected chi connectivity index (χ2v) is 4.77. The summed E-state index contributed by atoms with van der Waals surface area (Å²) in [6.07, 6.45) is 3.87. The Kier molecular flexibility index (Phi) is 2.35. The van der Waals surface area contributed by atoms with Gasteiger partial charge in [0, 0.05) is 12.4 Å². The summed E-state index contributed by atoms with van der Waals surface area (Å²) in [5.74, 6) is 0. The first-order valence-electron chi connectivity index (χ1n) is 5.18. The Hall–Kier alpha value is -1.57. The van der Waals surface area contributed by atoms with Crippen molar-refractivity contribution in [3.8, 4) is 11.4 Å². The van der Waals surface area contributed by atoms with E-state index in [0.29, 0.717) is 0 Å². The van der Waals surface area contributed by atoms with Gasteiger partial charge in [0.05, 0.1) is 11.4 Å². The van der Waals surface area contributed by atoms with Gasteiger partial charge < -0.3 is 4.98 Å². The maximum atomic E-state index is 4.46. The molecule has 0 bridgehead atoms. The average molecular weight is 200 g/mol. The number of hydrogen-bond acceptors (Lipinski definition) is 1. The summed E-state index contributed by atoms with van der Waals surface area (Å²) < 4.78 is 0. The minimum atomic E-state index is 0.168. The molecular formula is C13H16N2. The molecular weight excluding hydrogens is 184 g/mol. The third-order valence-corrected chi connectivity index (χ3v) is 2.50. The lowest BCUT2D eigenvalue weighted by molar-refractivity contribution is 0.587. The van der Waals surface area contributed by atoms with Gasteiger partial charge in [-0.2, -0.15) is 0 Å². The first-order valence-corrected chi connectivity index (χ1v) is 5.18. The van der Waals surface area contributed by atoms with E-state index in [1.54, 1.807) is 0 Å². The normalized spacial score (nSPS) is 11.7. The molecule has 0 aromatic carbocycles. The fraction of sp³-hybridized carbons (Fsp3) is 0.308. The molecule has 1 N–H and O–H groups in total. The monoisotopic (exact) mass is 200 g/mol. The standard InChI is InChI=1S/C13H16N2/c1-13(2,3)10-6-7-12(15-9-10)11-5-4-8-14-11/h4-9,14H,1-3H3. The molecule has 2 heterocycles. The summed E-state index contributed by atoms with van der Waals surface area (Å²) in [6, 6.07) is 8.21. The molecule has 2 heteroatoms. The molecule has 2 nitrogen and oxygen atoms in total. The van der Waals surface area contributed by atoms with E-state index in [0.717, 1.165) is 11.4 Å². The van der Waals surface area contributed by atoms with Crippen LogP contribution in [-0.2, 0) is 5.41 Å². The zero-order valence-electron chi connectivity index (χ0n) is 9.41. The summed E-state index contributed by atoms with van der Waals surface area (Å²) in [4.78, 5) is 7.61. The van der Waals surface area contributed by atoms with Gasteiger partial charge in [-0.25, -0.2) is 0 Å². The summed E-state index contributed by atoms with van der Waals surface area (Å²) in [7, 11) is 0. The van der Waals surface area contributed by atoms with Crippen LogP contribution in [0, 0.1) is 0 Å². The number of aromatic nitrogens is 2. The fourth-order valence-corrected chi connectivity index (χ4v) is 1.49. The molecule has 0 spiro atoms. The predicted molar refractivity (Wildman–Crippen MR) is 62.7 cm³/mol. The second-order valence-electron chi connectivity index (χ2n) is 4.77. The second kappa shape index (κ2) is 3.54. The van der Waals surface area contributed by atoms with E-state index < -0.39 is 0 Å². The van der Waals surface area contributed by atoms with Gasteiger partial charge >= 0.3 is 0 Å². The molecule has 0 fully saturated rings. The molecule has 0 saturated heterocycles. The van der Waals surface area contributed by atoms with Crippen molar-refractivity contribution in [1.29, 1.82) is 0 Å². The highest BCUT2D eigenvalue weighted by Crippen LogP contribution is 2.23. The van der Waals surface area contributed by atoms with Crippen LogP contribution in [0.25, 0.3) is 11.4 Å². The molecule has 0 aliphatic carbocycles. The molecule has 0 amide bonds. The lowest BCUT2D eigenvalue weighted by Gasteiger charge is -2.18. The Balaban J connectivity index is 2.33. The van der Waals surface area contributed by atoms with E-state index >= 15 is 0 Å². The summed E-state index contributed by atoms with van der Waals surface area (Å²) in [6.45, 7) is 6.58. The van der Waals surface area contributed by atoms with Crippen LogP contribution in [0.15, 0.2) is 36.7 Å². The zero-order chi connectivity index (χ0) is 10.9. The Labute approximate surface area is 90.4 Å². The van der Waals surface area contributed by atoms with Crippen LogP contribution >= 0.6 is 0 Å². The fourth-order valence-electron chi connectivity index (χ4n) is 1.49. The number of nitrogens with zero attached hydrogens (tertiary/aromatic N) is 1. The minimum Gasteiger partial charge on any atom is -0.360 e.